The van der Waals surface area contributed by atoms with Gasteiger partial charge in [0.1, 0.15) is 5.82 Å². The van der Waals surface area contributed by atoms with Crippen LogP contribution in [-0.2, 0) is 9.53 Å². The maximum atomic E-state index is 13.5. The van der Waals surface area contributed by atoms with Crippen molar-refractivity contribution in [2.75, 3.05) is 12.4 Å². The van der Waals surface area contributed by atoms with E-state index in [-0.39, 0.29) is 18.4 Å². The fraction of sp³-hybridized carbons (Fsp3) is 0.167. The number of rotatable bonds is 6. The Labute approximate surface area is 138 Å². The van der Waals surface area contributed by atoms with Gasteiger partial charge in [-0.05, 0) is 30.3 Å². The minimum atomic E-state index is -0.603. The number of methoxy groups -OCH3 is 1. The molecule has 0 aliphatic carbocycles. The Bertz CT molecular complexity index is 773. The Morgan fingerprint density at radius 3 is 2.50 bits per heavy atom. The minimum Gasteiger partial charge on any atom is -0.465 e. The fourth-order valence-corrected chi connectivity index (χ4v) is 2.11. The van der Waals surface area contributed by atoms with Crippen molar-refractivity contribution in [3.8, 4) is 0 Å². The minimum absolute atomic E-state index is 0.0296. The molecule has 0 aliphatic rings. The van der Waals surface area contributed by atoms with Gasteiger partial charge in [0.25, 0.3) is 0 Å². The van der Waals surface area contributed by atoms with E-state index in [1.807, 2.05) is 0 Å². The third kappa shape index (κ3) is 4.49. The maximum Gasteiger partial charge on any atom is 0.337 e. The summed E-state index contributed by atoms with van der Waals surface area (Å²) in [6.45, 7) is 0. The molecule has 5 nitrogen and oxygen atoms in total. The highest BCUT2D eigenvalue weighted by atomic mass is 19.1. The number of hydrogen-bond acceptors (Lipinski definition) is 4. The van der Waals surface area contributed by atoms with E-state index in [1.54, 1.807) is 24.3 Å². The van der Waals surface area contributed by atoms with Crippen LogP contribution in [0.15, 0.2) is 48.5 Å². The van der Waals surface area contributed by atoms with Crippen molar-refractivity contribution in [1.82, 2.24) is 0 Å². The summed E-state index contributed by atoms with van der Waals surface area (Å²) in [6, 6.07) is 11.9. The van der Waals surface area contributed by atoms with Crippen LogP contribution in [0, 0.1) is 5.82 Å². The molecular formula is C18H16FNO4. The zero-order chi connectivity index (χ0) is 17.5. The molecular weight excluding hydrogens is 313 g/mol. The number of esters is 1. The predicted octanol–water partition coefficient (Wildman–Crippen LogP) is 3.21. The summed E-state index contributed by atoms with van der Waals surface area (Å²) in [7, 11) is 1.27. The highest BCUT2D eigenvalue weighted by Crippen LogP contribution is 2.14. The maximum absolute atomic E-state index is 13.5. The number of halogens is 1. The van der Waals surface area contributed by atoms with E-state index in [0.29, 0.717) is 11.3 Å². The summed E-state index contributed by atoms with van der Waals surface area (Å²) in [4.78, 5) is 35.3. The molecule has 1 amide bonds. The molecule has 0 aromatic heterocycles. The third-order valence-electron chi connectivity index (χ3n) is 3.32. The lowest BCUT2D eigenvalue weighted by Gasteiger charge is -2.07. The standard InChI is InChI=1S/C18H16FNO4/c1-24-18(23)12-5-4-6-13(11-12)20-17(22)10-9-16(21)14-7-2-3-8-15(14)19/h2-8,11H,9-10H2,1H3,(H,20,22). The van der Waals surface area contributed by atoms with Crippen molar-refractivity contribution in [1.29, 1.82) is 0 Å². The molecule has 0 spiro atoms. The summed E-state index contributed by atoms with van der Waals surface area (Å²) in [5.74, 6) is -1.96. The molecule has 2 aromatic rings. The van der Waals surface area contributed by atoms with Gasteiger partial charge in [0, 0.05) is 18.5 Å². The third-order valence-corrected chi connectivity index (χ3v) is 3.32. The largest absolute Gasteiger partial charge is 0.465 e. The number of benzene rings is 2. The number of carbonyl (C=O) groups is 3. The molecule has 0 bridgehead atoms. The Morgan fingerprint density at radius 2 is 1.79 bits per heavy atom. The number of nitrogens with one attached hydrogen (secondary N) is 1. The fourth-order valence-electron chi connectivity index (χ4n) is 2.11. The lowest BCUT2D eigenvalue weighted by atomic mass is 10.1. The summed E-state index contributed by atoms with van der Waals surface area (Å²) < 4.78 is 18.1. The molecule has 0 saturated carbocycles. The number of carbonyl (C=O) groups excluding carboxylic acids is 3. The number of anilines is 1. The second-order valence-corrected chi connectivity index (χ2v) is 5.02. The SMILES string of the molecule is COC(=O)c1cccc(NC(=O)CCC(=O)c2ccccc2F)c1. The molecule has 124 valence electrons. The molecule has 2 aromatic carbocycles. The molecule has 6 heteroatoms. The van der Waals surface area contributed by atoms with Crippen LogP contribution in [0.2, 0.25) is 0 Å². The van der Waals surface area contributed by atoms with Gasteiger partial charge in [0.2, 0.25) is 5.91 Å². The molecule has 0 aliphatic heterocycles. The summed E-state index contributed by atoms with van der Waals surface area (Å²) >= 11 is 0. The van der Waals surface area contributed by atoms with Gasteiger partial charge >= 0.3 is 5.97 Å². The van der Waals surface area contributed by atoms with Crippen LogP contribution in [0.4, 0.5) is 10.1 Å². The molecule has 0 radical (unpaired) electrons. The number of amides is 1. The summed E-state index contributed by atoms with van der Waals surface area (Å²) in [5, 5.41) is 2.59. The van der Waals surface area contributed by atoms with E-state index >= 15 is 0 Å². The zero-order valence-corrected chi connectivity index (χ0v) is 13.0. The molecule has 0 fully saturated rings. The van der Waals surface area contributed by atoms with Crippen LogP contribution in [-0.4, -0.2) is 24.8 Å². The Balaban J connectivity index is 1.93. The van der Waals surface area contributed by atoms with E-state index in [0.717, 1.165) is 0 Å². The molecule has 0 atom stereocenters. The first-order chi connectivity index (χ1) is 11.5. The molecule has 0 saturated heterocycles. The quantitative estimate of drug-likeness (QED) is 0.652. The van der Waals surface area contributed by atoms with Crippen LogP contribution >= 0.6 is 0 Å². The van der Waals surface area contributed by atoms with Crippen LogP contribution in [0.25, 0.3) is 0 Å². The Hall–Kier alpha value is -3.02. The second-order valence-electron chi connectivity index (χ2n) is 5.02. The smallest absolute Gasteiger partial charge is 0.337 e. The topological polar surface area (TPSA) is 72.5 Å². The van der Waals surface area contributed by atoms with Gasteiger partial charge in [-0.15, -0.1) is 0 Å². The van der Waals surface area contributed by atoms with Gasteiger partial charge in [0.15, 0.2) is 5.78 Å². The molecule has 24 heavy (non-hydrogen) atoms. The van der Waals surface area contributed by atoms with Crippen molar-refractivity contribution in [2.24, 2.45) is 0 Å². The second kappa shape index (κ2) is 8.01. The first-order valence-electron chi connectivity index (χ1n) is 7.27. The van der Waals surface area contributed by atoms with E-state index in [1.165, 1.54) is 31.4 Å². The van der Waals surface area contributed by atoms with Crippen molar-refractivity contribution in [2.45, 2.75) is 12.8 Å². The van der Waals surface area contributed by atoms with E-state index in [4.69, 9.17) is 0 Å². The van der Waals surface area contributed by atoms with Crippen LogP contribution in [0.3, 0.4) is 0 Å². The van der Waals surface area contributed by atoms with Gasteiger partial charge < -0.3 is 10.1 Å². The van der Waals surface area contributed by atoms with Gasteiger partial charge in [-0.3, -0.25) is 9.59 Å². The van der Waals surface area contributed by atoms with Crippen molar-refractivity contribution in [3.05, 3.63) is 65.5 Å². The van der Waals surface area contributed by atoms with Gasteiger partial charge in [-0.25, -0.2) is 9.18 Å². The normalized spacial score (nSPS) is 10.1. The molecule has 2 rings (SSSR count). The predicted molar refractivity (Wildman–Crippen MR) is 86.4 cm³/mol. The molecule has 1 N–H and O–H groups in total. The van der Waals surface area contributed by atoms with E-state index in [2.05, 4.69) is 10.1 Å². The average molecular weight is 329 g/mol. The van der Waals surface area contributed by atoms with Gasteiger partial charge in [-0.2, -0.15) is 0 Å². The van der Waals surface area contributed by atoms with Crippen LogP contribution in [0.5, 0.6) is 0 Å². The highest BCUT2D eigenvalue weighted by Gasteiger charge is 2.13. The van der Waals surface area contributed by atoms with Crippen LogP contribution < -0.4 is 5.32 Å². The Kier molecular flexibility index (Phi) is 5.78. The van der Waals surface area contributed by atoms with Gasteiger partial charge in [0.05, 0.1) is 18.2 Å². The summed E-state index contributed by atoms with van der Waals surface area (Å²) in [6.07, 6.45) is -0.195. The zero-order valence-electron chi connectivity index (χ0n) is 13.0. The van der Waals surface area contributed by atoms with E-state index in [9.17, 15) is 18.8 Å². The first kappa shape index (κ1) is 17.3. The number of hydrogen-bond donors (Lipinski definition) is 1. The number of Topliss-reactive ketones (excluding diaryl/α,β-unsaturated/α-hetero) is 1. The Morgan fingerprint density at radius 1 is 1.04 bits per heavy atom. The lowest BCUT2D eigenvalue weighted by Crippen LogP contribution is -2.14. The van der Waals surface area contributed by atoms with Crippen LogP contribution in [0.1, 0.15) is 33.6 Å². The van der Waals surface area contributed by atoms with E-state index < -0.39 is 23.5 Å². The van der Waals surface area contributed by atoms with Crippen molar-refractivity contribution in [3.63, 3.8) is 0 Å². The highest BCUT2D eigenvalue weighted by molar-refractivity contribution is 6.00. The average Bonchev–Trinajstić information content (AvgIpc) is 2.59. The monoisotopic (exact) mass is 329 g/mol. The molecule has 0 heterocycles. The van der Waals surface area contributed by atoms with Gasteiger partial charge in [-0.1, -0.05) is 18.2 Å². The number of ether oxygens (including phenoxy) is 1. The van der Waals surface area contributed by atoms with Crippen molar-refractivity contribution >= 4 is 23.3 Å². The molecule has 0 unspecified atom stereocenters. The van der Waals surface area contributed by atoms with Crippen molar-refractivity contribution < 1.29 is 23.5 Å². The summed E-state index contributed by atoms with van der Waals surface area (Å²) in [5.41, 5.74) is 0.692. The lowest BCUT2D eigenvalue weighted by molar-refractivity contribution is -0.116. The first-order valence-corrected chi connectivity index (χ1v) is 7.27. The number of ketones is 1.